The highest BCUT2D eigenvalue weighted by Gasteiger charge is 2.33. The smallest absolute Gasteiger partial charge is 0.254 e. The minimum absolute atomic E-state index is 0.385. The Kier molecular flexibility index (Phi) is 4.94. The maximum Gasteiger partial charge on any atom is 0.254 e. The van der Waals surface area contributed by atoms with E-state index in [2.05, 4.69) is 11.9 Å². The summed E-state index contributed by atoms with van der Waals surface area (Å²) in [5, 5.41) is 21.1. The highest BCUT2D eigenvalue weighted by molar-refractivity contribution is 7.18. The molecule has 3 unspecified atom stereocenters. The average molecular weight is 334 g/mol. The first-order chi connectivity index (χ1) is 11.1. The molecule has 3 atom stereocenters. The predicted octanol–water partition coefficient (Wildman–Crippen LogP) is 2.34. The van der Waals surface area contributed by atoms with Crippen LogP contribution in [0.15, 0.2) is 24.3 Å². The number of rotatable bonds is 4. The van der Waals surface area contributed by atoms with Crippen LogP contribution in [0.2, 0.25) is 0 Å². The Bertz CT molecular complexity index is 654. The normalized spacial score (nSPS) is 21.3. The van der Waals surface area contributed by atoms with Crippen molar-refractivity contribution in [2.75, 3.05) is 13.1 Å². The van der Waals surface area contributed by atoms with Crippen LogP contribution in [-0.2, 0) is 4.79 Å². The zero-order valence-corrected chi connectivity index (χ0v) is 14.0. The average Bonchev–Trinajstić information content (AvgIpc) is 3.04. The van der Waals surface area contributed by atoms with E-state index in [0.717, 1.165) is 29.5 Å². The molecule has 124 valence electrons. The van der Waals surface area contributed by atoms with E-state index >= 15 is 0 Å². The monoisotopic (exact) mass is 334 g/mol. The highest BCUT2D eigenvalue weighted by atomic mass is 32.1. The van der Waals surface area contributed by atoms with Gasteiger partial charge in [-0.25, -0.2) is 4.98 Å². The van der Waals surface area contributed by atoms with Crippen molar-refractivity contribution in [1.82, 2.24) is 9.88 Å². The Morgan fingerprint density at radius 2 is 2.22 bits per heavy atom. The number of amides is 1. The lowest BCUT2D eigenvalue weighted by Gasteiger charge is -2.34. The molecule has 1 aromatic carbocycles. The topological polar surface area (TPSA) is 73.7 Å². The third kappa shape index (κ3) is 3.39. The molecule has 1 aromatic heterocycles. The number of hydrogen-bond acceptors (Lipinski definition) is 5. The van der Waals surface area contributed by atoms with Gasteiger partial charge in [-0.05, 0) is 30.9 Å². The first-order valence-corrected chi connectivity index (χ1v) is 8.92. The molecule has 2 N–H and O–H groups in total. The third-order valence-electron chi connectivity index (χ3n) is 4.52. The maximum absolute atomic E-state index is 12.5. The van der Waals surface area contributed by atoms with Gasteiger partial charge in [0, 0.05) is 13.1 Å². The fourth-order valence-electron chi connectivity index (χ4n) is 3.07. The Morgan fingerprint density at radius 3 is 2.96 bits per heavy atom. The molecule has 0 aliphatic carbocycles. The Labute approximate surface area is 139 Å². The van der Waals surface area contributed by atoms with Crippen LogP contribution in [0.25, 0.3) is 10.2 Å². The lowest BCUT2D eigenvalue weighted by Crippen LogP contribution is -2.46. The number of aliphatic hydroxyl groups is 2. The molecule has 23 heavy (non-hydrogen) atoms. The number of para-hydroxylation sites is 1. The number of carbonyl (C=O) groups excluding carboxylic acids is 1. The van der Waals surface area contributed by atoms with E-state index in [9.17, 15) is 15.0 Å². The van der Waals surface area contributed by atoms with Gasteiger partial charge >= 0.3 is 0 Å². The third-order valence-corrected chi connectivity index (χ3v) is 5.63. The van der Waals surface area contributed by atoms with Crippen LogP contribution < -0.4 is 0 Å². The molecule has 2 aromatic rings. The molecule has 1 aliphatic rings. The van der Waals surface area contributed by atoms with Crippen molar-refractivity contribution >= 4 is 27.5 Å². The SMILES string of the molecule is CCC1CCCN(C(=O)C(O)C(O)c2nc3ccccc3s2)C1. The van der Waals surface area contributed by atoms with Gasteiger partial charge in [-0.1, -0.05) is 25.5 Å². The summed E-state index contributed by atoms with van der Waals surface area (Å²) in [6.07, 6.45) is 0.374. The molecule has 3 rings (SSSR count). The summed E-state index contributed by atoms with van der Waals surface area (Å²) >= 11 is 1.31. The summed E-state index contributed by atoms with van der Waals surface area (Å²) in [7, 11) is 0. The fraction of sp³-hybridized carbons (Fsp3) is 0.529. The van der Waals surface area contributed by atoms with Gasteiger partial charge in [0.1, 0.15) is 11.1 Å². The number of piperidine rings is 1. The predicted molar refractivity (Wildman–Crippen MR) is 90.2 cm³/mol. The number of nitrogens with zero attached hydrogens (tertiary/aromatic N) is 2. The van der Waals surface area contributed by atoms with Crippen LogP contribution in [0.3, 0.4) is 0 Å². The summed E-state index contributed by atoms with van der Waals surface area (Å²) in [6, 6.07) is 7.54. The second kappa shape index (κ2) is 6.95. The Morgan fingerprint density at radius 1 is 1.43 bits per heavy atom. The number of likely N-dealkylation sites (tertiary alicyclic amines) is 1. The van der Waals surface area contributed by atoms with E-state index in [1.807, 2.05) is 24.3 Å². The van der Waals surface area contributed by atoms with Crippen molar-refractivity contribution in [3.05, 3.63) is 29.3 Å². The van der Waals surface area contributed by atoms with Crippen molar-refractivity contribution in [1.29, 1.82) is 0 Å². The van der Waals surface area contributed by atoms with Crippen molar-refractivity contribution in [3.63, 3.8) is 0 Å². The first-order valence-electron chi connectivity index (χ1n) is 8.10. The number of fused-ring (bicyclic) bond motifs is 1. The van der Waals surface area contributed by atoms with E-state index in [0.29, 0.717) is 24.0 Å². The molecule has 5 nitrogen and oxygen atoms in total. The summed E-state index contributed by atoms with van der Waals surface area (Å²) < 4.78 is 0.935. The van der Waals surface area contributed by atoms with Crippen LogP contribution in [-0.4, -0.2) is 45.2 Å². The standard InChI is InChI=1S/C17H22N2O3S/c1-2-11-6-5-9-19(10-11)17(22)15(21)14(20)16-18-12-7-3-4-8-13(12)23-16/h3-4,7-8,11,14-15,20-21H,2,5-6,9-10H2,1H3. The van der Waals surface area contributed by atoms with E-state index in [1.54, 1.807) is 4.90 Å². The number of aromatic nitrogens is 1. The minimum Gasteiger partial charge on any atom is -0.383 e. The first kappa shape index (κ1) is 16.4. The zero-order valence-electron chi connectivity index (χ0n) is 13.2. The van der Waals surface area contributed by atoms with Crippen LogP contribution in [0, 0.1) is 5.92 Å². The molecule has 0 radical (unpaired) electrons. The fourth-order valence-corrected chi connectivity index (χ4v) is 4.06. The van der Waals surface area contributed by atoms with Crippen molar-refractivity contribution in [2.24, 2.45) is 5.92 Å². The number of thiazole rings is 1. The zero-order chi connectivity index (χ0) is 16.4. The van der Waals surface area contributed by atoms with Gasteiger partial charge in [0.25, 0.3) is 5.91 Å². The van der Waals surface area contributed by atoms with Crippen LogP contribution in [0.4, 0.5) is 0 Å². The molecule has 6 heteroatoms. The number of hydrogen-bond donors (Lipinski definition) is 2. The molecule has 2 heterocycles. The molecule has 0 spiro atoms. The number of carbonyl (C=O) groups is 1. The van der Waals surface area contributed by atoms with Gasteiger partial charge in [-0.15, -0.1) is 11.3 Å². The maximum atomic E-state index is 12.5. The lowest BCUT2D eigenvalue weighted by molar-refractivity contribution is -0.148. The van der Waals surface area contributed by atoms with Gasteiger partial charge in [-0.3, -0.25) is 4.79 Å². The molecular formula is C17H22N2O3S. The summed E-state index contributed by atoms with van der Waals surface area (Å²) in [6.45, 7) is 3.43. The van der Waals surface area contributed by atoms with E-state index in [-0.39, 0.29) is 0 Å². The summed E-state index contributed by atoms with van der Waals surface area (Å²) in [5.41, 5.74) is 0.773. The largest absolute Gasteiger partial charge is 0.383 e. The van der Waals surface area contributed by atoms with Crippen LogP contribution in [0.1, 0.15) is 37.3 Å². The van der Waals surface area contributed by atoms with Gasteiger partial charge in [0.2, 0.25) is 0 Å². The Balaban J connectivity index is 1.73. The lowest BCUT2D eigenvalue weighted by atomic mass is 9.95. The van der Waals surface area contributed by atoms with Crippen LogP contribution in [0.5, 0.6) is 0 Å². The van der Waals surface area contributed by atoms with Gasteiger partial charge in [0.15, 0.2) is 6.10 Å². The summed E-state index contributed by atoms with van der Waals surface area (Å²) in [5.74, 6) is 0.0920. The quantitative estimate of drug-likeness (QED) is 0.900. The van der Waals surface area contributed by atoms with Gasteiger partial charge < -0.3 is 15.1 Å². The van der Waals surface area contributed by atoms with Crippen molar-refractivity contribution in [2.45, 2.75) is 38.4 Å². The highest BCUT2D eigenvalue weighted by Crippen LogP contribution is 2.29. The molecule has 0 saturated carbocycles. The van der Waals surface area contributed by atoms with E-state index in [4.69, 9.17) is 0 Å². The molecule has 1 aliphatic heterocycles. The second-order valence-corrected chi connectivity index (χ2v) is 7.17. The van der Waals surface area contributed by atoms with Gasteiger partial charge in [-0.2, -0.15) is 0 Å². The number of benzene rings is 1. The molecule has 1 saturated heterocycles. The van der Waals surface area contributed by atoms with E-state index in [1.165, 1.54) is 11.3 Å². The van der Waals surface area contributed by atoms with Gasteiger partial charge in [0.05, 0.1) is 10.2 Å². The molecule has 1 amide bonds. The van der Waals surface area contributed by atoms with Crippen molar-refractivity contribution < 1.29 is 15.0 Å². The second-order valence-electron chi connectivity index (χ2n) is 6.11. The van der Waals surface area contributed by atoms with Crippen molar-refractivity contribution in [3.8, 4) is 0 Å². The number of aliphatic hydroxyl groups excluding tert-OH is 2. The molecular weight excluding hydrogens is 312 g/mol. The molecule has 0 bridgehead atoms. The minimum atomic E-state index is -1.45. The summed E-state index contributed by atoms with van der Waals surface area (Å²) in [4.78, 5) is 18.5. The Hall–Kier alpha value is -1.50. The molecule has 1 fully saturated rings. The van der Waals surface area contributed by atoms with Crippen LogP contribution >= 0.6 is 11.3 Å². The van der Waals surface area contributed by atoms with E-state index < -0.39 is 18.1 Å².